The largest absolute Gasteiger partial charge is 0.451 e. The van der Waals surface area contributed by atoms with E-state index in [1.807, 2.05) is 0 Å². The highest BCUT2D eigenvalue weighted by Crippen LogP contribution is 2.31. The van der Waals surface area contributed by atoms with Crippen molar-refractivity contribution in [2.24, 2.45) is 0 Å². The van der Waals surface area contributed by atoms with Crippen molar-refractivity contribution in [3.05, 3.63) is 46.3 Å². The summed E-state index contributed by atoms with van der Waals surface area (Å²) in [4.78, 5) is 35.8. The summed E-state index contributed by atoms with van der Waals surface area (Å²) < 4.78 is 18.6. The van der Waals surface area contributed by atoms with Crippen molar-refractivity contribution in [2.75, 3.05) is 13.1 Å². The number of nitrogens with one attached hydrogen (secondary N) is 2. The number of aryl methyl sites for hydroxylation is 1. The summed E-state index contributed by atoms with van der Waals surface area (Å²) in [5.41, 5.74) is 0.423. The normalized spacial score (nSPS) is 15.8. The molecule has 0 saturated heterocycles. The monoisotopic (exact) mass is 348 g/mol. The lowest BCUT2D eigenvalue weighted by atomic mass is 9.97. The van der Waals surface area contributed by atoms with Gasteiger partial charge in [-0.1, -0.05) is 6.07 Å². The molecule has 25 heavy (non-hydrogen) atoms. The zero-order chi connectivity index (χ0) is 18.8. The number of amides is 2. The fraction of sp³-hybridized carbons (Fsp3) is 0.389. The third kappa shape index (κ3) is 4.04. The molecule has 0 saturated carbocycles. The number of esters is 1. The summed E-state index contributed by atoms with van der Waals surface area (Å²) in [5, 5.41) is 5.14. The molecule has 2 amide bonds. The van der Waals surface area contributed by atoms with Gasteiger partial charge in [-0.2, -0.15) is 0 Å². The number of benzene rings is 1. The Morgan fingerprint density at radius 3 is 2.24 bits per heavy atom. The molecule has 134 valence electrons. The molecule has 7 heteroatoms. The smallest absolute Gasteiger partial charge is 0.344 e. The van der Waals surface area contributed by atoms with Gasteiger partial charge in [-0.15, -0.1) is 0 Å². The Balaban J connectivity index is 1.86. The van der Waals surface area contributed by atoms with E-state index < -0.39 is 29.2 Å². The summed E-state index contributed by atoms with van der Waals surface area (Å²) in [6.45, 7) is 6.98. The fourth-order valence-corrected chi connectivity index (χ4v) is 2.35. The summed E-state index contributed by atoms with van der Waals surface area (Å²) in [5.74, 6) is -2.08. The molecule has 0 atom stereocenters. The molecule has 1 aromatic carbocycles. The molecule has 0 bridgehead atoms. The highest BCUT2D eigenvalue weighted by atomic mass is 19.1. The van der Waals surface area contributed by atoms with E-state index in [0.29, 0.717) is 11.1 Å². The first-order chi connectivity index (χ1) is 11.6. The predicted molar refractivity (Wildman–Crippen MR) is 89.4 cm³/mol. The zero-order valence-electron chi connectivity index (χ0n) is 14.7. The van der Waals surface area contributed by atoms with Gasteiger partial charge in [-0.3, -0.25) is 9.59 Å². The summed E-state index contributed by atoms with van der Waals surface area (Å²) >= 11 is 0. The number of carbonyl (C=O) groups is 3. The molecule has 1 aromatic rings. The molecule has 1 heterocycles. The van der Waals surface area contributed by atoms with Gasteiger partial charge in [0.25, 0.3) is 11.8 Å². The lowest BCUT2D eigenvalue weighted by molar-refractivity contribution is -0.145. The van der Waals surface area contributed by atoms with E-state index in [1.165, 1.54) is 12.1 Å². The van der Waals surface area contributed by atoms with Crippen molar-refractivity contribution in [3.63, 3.8) is 0 Å². The van der Waals surface area contributed by atoms with Crippen molar-refractivity contribution < 1.29 is 23.5 Å². The molecule has 0 aliphatic carbocycles. The molecule has 2 N–H and O–H groups in total. The quantitative estimate of drug-likeness (QED) is 0.481. The molecule has 1 aliphatic heterocycles. The van der Waals surface area contributed by atoms with E-state index in [9.17, 15) is 18.8 Å². The van der Waals surface area contributed by atoms with Gasteiger partial charge in [-0.05, 0) is 51.0 Å². The molecule has 0 unspecified atom stereocenters. The van der Waals surface area contributed by atoms with Gasteiger partial charge >= 0.3 is 5.97 Å². The third-order valence-electron chi connectivity index (χ3n) is 4.19. The van der Waals surface area contributed by atoms with E-state index in [-0.39, 0.29) is 24.2 Å². The lowest BCUT2D eigenvalue weighted by Gasteiger charge is -2.17. The standard InChI is InChI=1S/C18H21FN2O4/c1-10-5-6-12(9-13(10)19)15(22)20-7-8-21-16(23)14-11(2)18(3,4)25-17(14)24/h5-6,9H,7-8H2,1-4H3,(H,20,22)(H,21,23). The predicted octanol–water partition coefficient (Wildman–Crippen LogP) is 1.63. The van der Waals surface area contributed by atoms with Crippen molar-refractivity contribution in [1.29, 1.82) is 0 Å². The van der Waals surface area contributed by atoms with Crippen LogP contribution in [0.1, 0.15) is 36.7 Å². The number of hydrogen-bond donors (Lipinski definition) is 2. The molecule has 2 rings (SSSR count). The minimum Gasteiger partial charge on any atom is -0.451 e. The highest BCUT2D eigenvalue weighted by molar-refractivity contribution is 6.18. The molecule has 0 aromatic heterocycles. The van der Waals surface area contributed by atoms with Gasteiger partial charge in [0.1, 0.15) is 17.0 Å². The Morgan fingerprint density at radius 1 is 1.12 bits per heavy atom. The minimum atomic E-state index is -0.798. The zero-order valence-corrected chi connectivity index (χ0v) is 14.7. The van der Waals surface area contributed by atoms with Crippen LogP contribution in [0.15, 0.2) is 29.3 Å². The number of ether oxygens (including phenoxy) is 1. The minimum absolute atomic E-state index is 0.00284. The van der Waals surface area contributed by atoms with Gasteiger partial charge in [0, 0.05) is 18.7 Å². The maximum absolute atomic E-state index is 13.5. The van der Waals surface area contributed by atoms with Crippen LogP contribution >= 0.6 is 0 Å². The van der Waals surface area contributed by atoms with E-state index in [1.54, 1.807) is 27.7 Å². The Kier molecular flexibility index (Phi) is 5.25. The van der Waals surface area contributed by atoms with Crippen molar-refractivity contribution >= 4 is 17.8 Å². The number of hydrogen-bond acceptors (Lipinski definition) is 4. The van der Waals surface area contributed by atoms with Gasteiger partial charge in [0.15, 0.2) is 0 Å². The van der Waals surface area contributed by atoms with E-state index >= 15 is 0 Å². The molecule has 6 nitrogen and oxygen atoms in total. The second kappa shape index (κ2) is 7.04. The number of cyclic esters (lactones) is 1. The van der Waals surface area contributed by atoms with Crippen LogP contribution in [0.3, 0.4) is 0 Å². The lowest BCUT2D eigenvalue weighted by Crippen LogP contribution is -2.36. The van der Waals surface area contributed by atoms with Crippen LogP contribution in [0.2, 0.25) is 0 Å². The van der Waals surface area contributed by atoms with E-state index in [2.05, 4.69) is 10.6 Å². The summed E-state index contributed by atoms with van der Waals surface area (Å²) in [6.07, 6.45) is 0. The van der Waals surface area contributed by atoms with Crippen LogP contribution in [-0.2, 0) is 14.3 Å². The van der Waals surface area contributed by atoms with Crippen molar-refractivity contribution in [3.8, 4) is 0 Å². The third-order valence-corrected chi connectivity index (χ3v) is 4.19. The van der Waals surface area contributed by atoms with E-state index in [4.69, 9.17) is 4.74 Å². The maximum atomic E-state index is 13.5. The molecule has 0 radical (unpaired) electrons. The Labute approximate surface area is 145 Å². The summed E-state index contributed by atoms with van der Waals surface area (Å²) in [7, 11) is 0. The Hall–Kier alpha value is -2.70. The van der Waals surface area contributed by atoms with E-state index in [0.717, 1.165) is 6.07 Å². The van der Waals surface area contributed by atoms with Gasteiger partial charge in [0.2, 0.25) is 0 Å². The molecule has 0 fully saturated rings. The average Bonchev–Trinajstić information content (AvgIpc) is 2.74. The van der Waals surface area contributed by atoms with Crippen LogP contribution in [0.4, 0.5) is 4.39 Å². The molecule has 0 spiro atoms. The van der Waals surface area contributed by atoms with Gasteiger partial charge in [0.05, 0.1) is 0 Å². The topological polar surface area (TPSA) is 84.5 Å². The highest BCUT2D eigenvalue weighted by Gasteiger charge is 2.40. The molecular formula is C18H21FN2O4. The first-order valence-electron chi connectivity index (χ1n) is 7.90. The molecule has 1 aliphatic rings. The van der Waals surface area contributed by atoms with Crippen molar-refractivity contribution in [1.82, 2.24) is 10.6 Å². The first kappa shape index (κ1) is 18.6. The number of rotatable bonds is 5. The SMILES string of the molecule is CC1=C(C(=O)NCCNC(=O)c2ccc(C)c(F)c2)C(=O)OC1(C)C. The van der Waals surface area contributed by atoms with Crippen LogP contribution in [0.25, 0.3) is 0 Å². The summed E-state index contributed by atoms with van der Waals surface area (Å²) in [6, 6.07) is 4.21. The second-order valence-corrected chi connectivity index (χ2v) is 6.38. The van der Waals surface area contributed by atoms with Gasteiger partial charge < -0.3 is 15.4 Å². The average molecular weight is 348 g/mol. The van der Waals surface area contributed by atoms with Crippen LogP contribution in [0, 0.1) is 12.7 Å². The molecular weight excluding hydrogens is 327 g/mol. The number of halogens is 1. The second-order valence-electron chi connectivity index (χ2n) is 6.38. The Morgan fingerprint density at radius 2 is 1.72 bits per heavy atom. The van der Waals surface area contributed by atoms with Crippen molar-refractivity contribution in [2.45, 2.75) is 33.3 Å². The maximum Gasteiger partial charge on any atom is 0.344 e. The van der Waals surface area contributed by atoms with Crippen LogP contribution in [-0.4, -0.2) is 36.5 Å². The van der Waals surface area contributed by atoms with Gasteiger partial charge in [-0.25, -0.2) is 9.18 Å². The fourth-order valence-electron chi connectivity index (χ4n) is 2.35. The van der Waals surface area contributed by atoms with Crippen LogP contribution in [0.5, 0.6) is 0 Å². The Bertz CT molecular complexity index is 768. The van der Waals surface area contributed by atoms with Crippen LogP contribution < -0.4 is 10.6 Å². The first-order valence-corrected chi connectivity index (χ1v) is 7.90. The number of carbonyl (C=O) groups excluding carboxylic acids is 3.